The number of nitrogens with one attached hydrogen (secondary N) is 1. The average Bonchev–Trinajstić information content (AvgIpc) is 2.95. The lowest BCUT2D eigenvalue weighted by molar-refractivity contribution is -0.234. The van der Waals surface area contributed by atoms with Crippen molar-refractivity contribution < 1.29 is 34.0 Å². The molecular formula is C35H57NO7. The predicted molar refractivity (Wildman–Crippen MR) is 169 cm³/mol. The number of rotatable bonds is 18. The van der Waals surface area contributed by atoms with E-state index in [-0.39, 0.29) is 25.0 Å². The molecule has 0 aliphatic carbocycles. The van der Waals surface area contributed by atoms with E-state index < -0.39 is 17.8 Å². The zero-order valence-electron chi connectivity index (χ0n) is 28.0. The molecule has 1 aromatic rings. The minimum Gasteiger partial charge on any atom is -0.487 e. The van der Waals surface area contributed by atoms with E-state index in [1.807, 2.05) is 20.8 Å². The third kappa shape index (κ3) is 12.1. The van der Waals surface area contributed by atoms with Crippen LogP contribution in [0.4, 0.5) is 0 Å². The van der Waals surface area contributed by atoms with Crippen LogP contribution in [-0.4, -0.2) is 35.2 Å². The molecule has 0 aromatic heterocycles. The third-order valence-electron chi connectivity index (χ3n) is 9.14. The molecule has 0 radical (unpaired) electrons. The SMILES string of the molecule is Cc1c(C)c2c(c(C)c1OC(=O)CNC(=O)CCC(=O)OO)CC[C@@](C)(CCC[C@H](C)CCC[C@H](C)CCCC(C)C)O2. The van der Waals surface area contributed by atoms with Crippen LogP contribution in [0, 0.1) is 38.5 Å². The summed E-state index contributed by atoms with van der Waals surface area (Å²) in [4.78, 5) is 38.9. The predicted octanol–water partition coefficient (Wildman–Crippen LogP) is 7.95. The van der Waals surface area contributed by atoms with Crippen molar-refractivity contribution in [1.82, 2.24) is 5.32 Å². The van der Waals surface area contributed by atoms with Gasteiger partial charge in [0.25, 0.3) is 0 Å². The van der Waals surface area contributed by atoms with Crippen molar-refractivity contribution in [1.29, 1.82) is 0 Å². The van der Waals surface area contributed by atoms with Gasteiger partial charge in [0.15, 0.2) is 0 Å². The molecule has 1 aliphatic rings. The van der Waals surface area contributed by atoms with Crippen LogP contribution in [0.5, 0.6) is 11.5 Å². The van der Waals surface area contributed by atoms with Crippen molar-refractivity contribution in [2.24, 2.45) is 17.8 Å². The van der Waals surface area contributed by atoms with Gasteiger partial charge in [-0.3, -0.25) is 4.79 Å². The molecule has 1 aliphatic heterocycles. The van der Waals surface area contributed by atoms with Gasteiger partial charge in [-0.25, -0.2) is 9.59 Å². The number of fused-ring (bicyclic) bond motifs is 1. The molecule has 0 bridgehead atoms. The molecule has 244 valence electrons. The summed E-state index contributed by atoms with van der Waals surface area (Å²) in [5, 5.41) is 10.7. The van der Waals surface area contributed by atoms with Crippen LogP contribution in [0.3, 0.4) is 0 Å². The van der Waals surface area contributed by atoms with E-state index in [0.29, 0.717) is 5.75 Å². The summed E-state index contributed by atoms with van der Waals surface area (Å²) in [5.41, 5.74) is 3.56. The number of hydrogen-bond donors (Lipinski definition) is 2. The molecule has 1 heterocycles. The van der Waals surface area contributed by atoms with Crippen molar-refractivity contribution in [3.05, 3.63) is 22.3 Å². The van der Waals surface area contributed by atoms with Crippen LogP contribution in [0.2, 0.25) is 0 Å². The van der Waals surface area contributed by atoms with E-state index in [1.54, 1.807) is 0 Å². The van der Waals surface area contributed by atoms with Crippen LogP contribution in [0.1, 0.15) is 134 Å². The first-order valence-corrected chi connectivity index (χ1v) is 16.4. The van der Waals surface area contributed by atoms with E-state index in [9.17, 15) is 14.4 Å². The number of benzene rings is 1. The number of carbonyl (C=O) groups is 3. The topological polar surface area (TPSA) is 111 Å². The van der Waals surface area contributed by atoms with Gasteiger partial charge >= 0.3 is 11.9 Å². The van der Waals surface area contributed by atoms with Gasteiger partial charge in [0.2, 0.25) is 5.91 Å². The highest BCUT2D eigenvalue weighted by molar-refractivity contribution is 5.85. The Morgan fingerprint density at radius 2 is 1.47 bits per heavy atom. The summed E-state index contributed by atoms with van der Waals surface area (Å²) >= 11 is 0. The van der Waals surface area contributed by atoms with Crippen LogP contribution >= 0.6 is 0 Å². The molecule has 1 aromatic carbocycles. The maximum atomic E-state index is 12.5. The Kier molecular flexibility index (Phi) is 15.0. The first kappa shape index (κ1) is 36.6. The second-order valence-corrected chi connectivity index (χ2v) is 13.6. The van der Waals surface area contributed by atoms with Crippen molar-refractivity contribution in [2.75, 3.05) is 6.54 Å². The van der Waals surface area contributed by atoms with Gasteiger partial charge in [0.1, 0.15) is 23.6 Å². The Labute approximate surface area is 259 Å². The molecule has 0 saturated carbocycles. The van der Waals surface area contributed by atoms with E-state index in [0.717, 1.165) is 71.4 Å². The zero-order chi connectivity index (χ0) is 32.2. The quantitative estimate of drug-likeness (QED) is 0.0758. The number of carbonyl (C=O) groups excluding carboxylic acids is 3. The number of hydrogen-bond acceptors (Lipinski definition) is 7. The first-order valence-electron chi connectivity index (χ1n) is 16.4. The first-order chi connectivity index (χ1) is 20.3. The van der Waals surface area contributed by atoms with E-state index in [1.165, 1.54) is 44.9 Å². The van der Waals surface area contributed by atoms with Gasteiger partial charge in [0.05, 0.1) is 6.42 Å². The van der Waals surface area contributed by atoms with Gasteiger partial charge in [-0.15, -0.1) is 0 Å². The Balaban J connectivity index is 1.86. The van der Waals surface area contributed by atoms with Crippen molar-refractivity contribution >= 4 is 17.8 Å². The van der Waals surface area contributed by atoms with Crippen molar-refractivity contribution in [3.63, 3.8) is 0 Å². The Hall–Kier alpha value is -2.61. The fourth-order valence-electron chi connectivity index (χ4n) is 6.08. The highest BCUT2D eigenvalue weighted by Crippen LogP contribution is 2.45. The lowest BCUT2D eigenvalue weighted by atomic mass is 9.83. The van der Waals surface area contributed by atoms with Crippen LogP contribution in [0.15, 0.2) is 0 Å². The van der Waals surface area contributed by atoms with Crippen molar-refractivity contribution in [3.8, 4) is 11.5 Å². The molecule has 8 nitrogen and oxygen atoms in total. The Morgan fingerprint density at radius 1 is 0.860 bits per heavy atom. The lowest BCUT2D eigenvalue weighted by Gasteiger charge is -2.38. The molecule has 2 rings (SSSR count). The molecule has 1 amide bonds. The standard InChI is InChI=1S/C35H57NO7/c1-23(2)12-9-13-24(3)14-10-15-25(4)16-11-20-35(8)21-19-29-28(7)33(26(5)27(6)34(29)42-35)41-32(39)22-36-30(37)17-18-31(38)43-40/h23-25,40H,9-22H2,1-8H3,(H,36,37)/t24-,25-,35-/m1/s1. The minimum absolute atomic E-state index is 0.199. The smallest absolute Gasteiger partial charge is 0.342 e. The lowest BCUT2D eigenvalue weighted by Crippen LogP contribution is -2.37. The summed E-state index contributed by atoms with van der Waals surface area (Å²) in [6, 6.07) is 0. The highest BCUT2D eigenvalue weighted by atomic mass is 17.1. The second kappa shape index (κ2) is 17.6. The molecule has 0 spiro atoms. The fourth-order valence-corrected chi connectivity index (χ4v) is 6.08. The van der Waals surface area contributed by atoms with Gasteiger partial charge in [-0.05, 0) is 87.8 Å². The summed E-state index contributed by atoms with van der Waals surface area (Å²) in [7, 11) is 0. The molecule has 2 N–H and O–H groups in total. The summed E-state index contributed by atoms with van der Waals surface area (Å²) in [5.74, 6) is 1.77. The number of ether oxygens (including phenoxy) is 2. The van der Waals surface area contributed by atoms with Gasteiger partial charge in [0, 0.05) is 12.0 Å². The third-order valence-corrected chi connectivity index (χ3v) is 9.14. The largest absolute Gasteiger partial charge is 0.487 e. The van der Waals surface area contributed by atoms with E-state index in [2.05, 4.69) is 44.8 Å². The summed E-state index contributed by atoms with van der Waals surface area (Å²) in [6.07, 6.45) is 12.7. The normalized spacial score (nSPS) is 17.5. The van der Waals surface area contributed by atoms with Gasteiger partial charge in [-0.1, -0.05) is 72.6 Å². The molecular weight excluding hydrogens is 546 g/mol. The van der Waals surface area contributed by atoms with E-state index >= 15 is 0 Å². The zero-order valence-corrected chi connectivity index (χ0v) is 28.0. The molecule has 0 saturated heterocycles. The van der Waals surface area contributed by atoms with Crippen LogP contribution < -0.4 is 14.8 Å². The molecule has 0 fully saturated rings. The average molecular weight is 604 g/mol. The van der Waals surface area contributed by atoms with Crippen LogP contribution in [-0.2, 0) is 25.7 Å². The summed E-state index contributed by atoms with van der Waals surface area (Å²) < 4.78 is 12.4. The summed E-state index contributed by atoms with van der Waals surface area (Å²) in [6.45, 7) is 17.2. The molecule has 3 atom stereocenters. The Bertz CT molecular complexity index is 1080. The molecule has 43 heavy (non-hydrogen) atoms. The second-order valence-electron chi connectivity index (χ2n) is 13.6. The maximum Gasteiger partial charge on any atom is 0.342 e. The molecule has 8 heteroatoms. The van der Waals surface area contributed by atoms with E-state index in [4.69, 9.17) is 14.7 Å². The van der Waals surface area contributed by atoms with Gasteiger partial charge < -0.3 is 19.7 Å². The van der Waals surface area contributed by atoms with Gasteiger partial charge in [-0.2, -0.15) is 5.26 Å². The fraction of sp³-hybridized carbons (Fsp3) is 0.743. The minimum atomic E-state index is -0.912. The van der Waals surface area contributed by atoms with Crippen molar-refractivity contribution in [2.45, 2.75) is 144 Å². The maximum absolute atomic E-state index is 12.5. The monoisotopic (exact) mass is 603 g/mol. The molecule has 0 unspecified atom stereocenters. The Morgan fingerprint density at radius 3 is 2.07 bits per heavy atom. The van der Waals surface area contributed by atoms with Crippen LogP contribution in [0.25, 0.3) is 0 Å². The number of esters is 1. The number of amides is 1. The highest BCUT2D eigenvalue weighted by Gasteiger charge is 2.35.